The maximum absolute atomic E-state index is 12.5. The smallest absolute Gasteiger partial charge is 0.223 e. The van der Waals surface area contributed by atoms with E-state index in [1.54, 1.807) is 13.8 Å². The number of hydrogen-bond donors (Lipinski definition) is 2. The molecule has 2 heterocycles. The Balaban J connectivity index is 2.17. The number of amides is 2. The fraction of sp³-hybridized carbons (Fsp3) is 0.840. The standard InChI is InChI=1S/C25H46N4O2/c1-18(30)28(20-14-22(3,4)26-23(5,6)15-20)12-11-13-29(19(2)31)21-16-24(7,8)27-25(9,10)17-21/h11-12,20-21,26-27H,13-17H2,1-10H3/b12-11+. The van der Waals surface area contributed by atoms with Crippen LogP contribution in [0.5, 0.6) is 0 Å². The summed E-state index contributed by atoms with van der Waals surface area (Å²) < 4.78 is 0. The Kier molecular flexibility index (Phi) is 7.39. The molecule has 0 aromatic carbocycles. The summed E-state index contributed by atoms with van der Waals surface area (Å²) in [5.74, 6) is 0.134. The molecule has 0 aromatic rings. The molecule has 31 heavy (non-hydrogen) atoms. The predicted molar refractivity (Wildman–Crippen MR) is 128 cm³/mol. The lowest BCUT2D eigenvalue weighted by atomic mass is 9.79. The van der Waals surface area contributed by atoms with E-state index in [0.717, 1.165) is 25.7 Å². The SMILES string of the molecule is CC(=O)N(/C=C/CN(C(C)=O)C1CC(C)(C)NC(C)(C)C1)C1CC(C)(C)NC(C)(C)C1. The highest BCUT2D eigenvalue weighted by atomic mass is 16.2. The minimum atomic E-state index is -0.0361. The van der Waals surface area contributed by atoms with Gasteiger partial charge in [0.25, 0.3) is 0 Å². The van der Waals surface area contributed by atoms with Crippen molar-refractivity contribution in [3.63, 3.8) is 0 Å². The van der Waals surface area contributed by atoms with Crippen molar-refractivity contribution < 1.29 is 9.59 Å². The van der Waals surface area contributed by atoms with Gasteiger partial charge in [0.2, 0.25) is 11.8 Å². The van der Waals surface area contributed by atoms with Gasteiger partial charge in [0.15, 0.2) is 0 Å². The topological polar surface area (TPSA) is 64.7 Å². The van der Waals surface area contributed by atoms with Crippen LogP contribution in [0, 0.1) is 0 Å². The van der Waals surface area contributed by atoms with Gasteiger partial charge < -0.3 is 20.4 Å². The molecule has 0 saturated carbocycles. The molecule has 2 rings (SSSR count). The highest BCUT2D eigenvalue weighted by Crippen LogP contribution is 2.33. The van der Waals surface area contributed by atoms with Crippen LogP contribution in [0.3, 0.4) is 0 Å². The number of nitrogens with zero attached hydrogens (tertiary/aromatic N) is 2. The molecule has 2 amide bonds. The van der Waals surface area contributed by atoms with Gasteiger partial charge in [-0.2, -0.15) is 0 Å². The minimum absolute atomic E-state index is 0.0263. The predicted octanol–water partition coefficient (Wildman–Crippen LogP) is 3.82. The van der Waals surface area contributed by atoms with Gasteiger partial charge in [0.05, 0.1) is 0 Å². The zero-order valence-electron chi connectivity index (χ0n) is 21.6. The molecule has 2 N–H and O–H groups in total. The third kappa shape index (κ3) is 7.31. The van der Waals surface area contributed by atoms with E-state index in [1.807, 2.05) is 22.1 Å². The normalized spacial score (nSPS) is 25.4. The molecule has 0 aliphatic carbocycles. The van der Waals surface area contributed by atoms with E-state index in [0.29, 0.717) is 6.54 Å². The molecular formula is C25H46N4O2. The van der Waals surface area contributed by atoms with Crippen molar-refractivity contribution in [3.8, 4) is 0 Å². The molecule has 0 radical (unpaired) electrons. The Morgan fingerprint density at radius 1 is 0.742 bits per heavy atom. The lowest BCUT2D eigenvalue weighted by molar-refractivity contribution is -0.132. The summed E-state index contributed by atoms with van der Waals surface area (Å²) in [6.07, 6.45) is 7.53. The van der Waals surface area contributed by atoms with Crippen LogP contribution >= 0.6 is 0 Å². The first-order valence-corrected chi connectivity index (χ1v) is 11.7. The third-order valence-electron chi connectivity index (χ3n) is 6.51. The average molecular weight is 435 g/mol. The van der Waals surface area contributed by atoms with Gasteiger partial charge in [0.1, 0.15) is 0 Å². The Bertz CT molecular complexity index is 676. The van der Waals surface area contributed by atoms with Gasteiger partial charge in [-0.3, -0.25) is 9.59 Å². The molecule has 0 spiro atoms. The number of rotatable bonds is 5. The van der Waals surface area contributed by atoms with Crippen LogP contribution in [-0.4, -0.2) is 62.4 Å². The fourth-order valence-electron chi connectivity index (χ4n) is 6.25. The van der Waals surface area contributed by atoms with E-state index >= 15 is 0 Å². The van der Waals surface area contributed by atoms with E-state index in [9.17, 15) is 9.59 Å². The Morgan fingerprint density at radius 2 is 1.13 bits per heavy atom. The average Bonchev–Trinajstić information content (AvgIpc) is 2.47. The molecule has 6 heteroatoms. The van der Waals surface area contributed by atoms with E-state index in [-0.39, 0.29) is 46.1 Å². The molecule has 0 aromatic heterocycles. The first-order valence-electron chi connectivity index (χ1n) is 11.7. The number of carbonyl (C=O) groups is 2. The first kappa shape index (κ1) is 25.9. The molecule has 2 saturated heterocycles. The summed E-state index contributed by atoms with van der Waals surface area (Å²) in [5, 5.41) is 7.37. The summed E-state index contributed by atoms with van der Waals surface area (Å²) in [6.45, 7) is 21.4. The van der Waals surface area contributed by atoms with Crippen molar-refractivity contribution in [1.82, 2.24) is 20.4 Å². The van der Waals surface area contributed by atoms with Crippen LogP contribution in [0.25, 0.3) is 0 Å². The molecule has 2 aliphatic heterocycles. The molecule has 0 atom stereocenters. The number of hydrogen-bond acceptors (Lipinski definition) is 4. The lowest BCUT2D eigenvalue weighted by Gasteiger charge is -2.49. The third-order valence-corrected chi connectivity index (χ3v) is 6.51. The van der Waals surface area contributed by atoms with E-state index < -0.39 is 0 Å². The van der Waals surface area contributed by atoms with Crippen molar-refractivity contribution in [1.29, 1.82) is 0 Å². The van der Waals surface area contributed by atoms with E-state index in [1.165, 1.54) is 0 Å². The minimum Gasteiger partial charge on any atom is -0.336 e. The quantitative estimate of drug-likeness (QED) is 0.690. The summed E-state index contributed by atoms with van der Waals surface area (Å²) in [4.78, 5) is 28.9. The van der Waals surface area contributed by atoms with E-state index in [2.05, 4.69) is 66.0 Å². The van der Waals surface area contributed by atoms with Crippen LogP contribution in [-0.2, 0) is 9.59 Å². The van der Waals surface area contributed by atoms with Crippen molar-refractivity contribution in [3.05, 3.63) is 12.3 Å². The zero-order valence-corrected chi connectivity index (χ0v) is 21.6. The van der Waals surface area contributed by atoms with Crippen molar-refractivity contribution >= 4 is 11.8 Å². The highest BCUT2D eigenvalue weighted by Gasteiger charge is 2.41. The monoisotopic (exact) mass is 434 g/mol. The number of piperidine rings is 2. The van der Waals surface area contributed by atoms with Crippen LogP contribution in [0.15, 0.2) is 12.3 Å². The molecule has 6 nitrogen and oxygen atoms in total. The number of nitrogens with one attached hydrogen (secondary N) is 2. The Hall–Kier alpha value is -1.40. The molecule has 178 valence electrons. The Labute approximate surface area is 190 Å². The second-order valence-electron chi connectivity index (χ2n) is 12.4. The molecule has 0 unspecified atom stereocenters. The van der Waals surface area contributed by atoms with Crippen LogP contribution in [0.4, 0.5) is 0 Å². The van der Waals surface area contributed by atoms with Gasteiger partial charge in [-0.05, 0) is 87.1 Å². The summed E-state index contributed by atoms with van der Waals surface area (Å²) >= 11 is 0. The van der Waals surface area contributed by atoms with Crippen molar-refractivity contribution in [2.75, 3.05) is 6.54 Å². The van der Waals surface area contributed by atoms with Gasteiger partial charge >= 0.3 is 0 Å². The van der Waals surface area contributed by atoms with Gasteiger partial charge in [-0.25, -0.2) is 0 Å². The highest BCUT2D eigenvalue weighted by molar-refractivity contribution is 5.75. The maximum atomic E-state index is 12.5. The summed E-state index contributed by atoms with van der Waals surface area (Å²) in [6, 6.07) is 0.318. The van der Waals surface area contributed by atoms with Gasteiger partial charge in [0, 0.05) is 60.8 Å². The molecule has 2 aliphatic rings. The fourth-order valence-corrected chi connectivity index (χ4v) is 6.25. The largest absolute Gasteiger partial charge is 0.336 e. The maximum Gasteiger partial charge on any atom is 0.223 e. The molecular weight excluding hydrogens is 388 g/mol. The van der Waals surface area contributed by atoms with Gasteiger partial charge in [-0.1, -0.05) is 0 Å². The van der Waals surface area contributed by atoms with E-state index in [4.69, 9.17) is 0 Å². The van der Waals surface area contributed by atoms with Crippen LogP contribution in [0.2, 0.25) is 0 Å². The summed E-state index contributed by atoms with van der Waals surface area (Å²) in [5.41, 5.74) is -0.125. The zero-order chi connectivity index (χ0) is 23.8. The van der Waals surface area contributed by atoms with Crippen LogP contribution < -0.4 is 10.6 Å². The van der Waals surface area contributed by atoms with Crippen molar-refractivity contribution in [2.24, 2.45) is 0 Å². The summed E-state index contributed by atoms with van der Waals surface area (Å²) in [7, 11) is 0. The second kappa shape index (κ2) is 8.86. The molecule has 0 bridgehead atoms. The van der Waals surface area contributed by atoms with Gasteiger partial charge in [-0.15, -0.1) is 0 Å². The first-order chi connectivity index (χ1) is 13.9. The van der Waals surface area contributed by atoms with Crippen LogP contribution in [0.1, 0.15) is 94.9 Å². The Morgan fingerprint density at radius 3 is 1.48 bits per heavy atom. The second-order valence-corrected chi connectivity index (χ2v) is 12.4. The lowest BCUT2D eigenvalue weighted by Crippen LogP contribution is -2.62. The molecule has 2 fully saturated rings. The van der Waals surface area contributed by atoms with Crippen molar-refractivity contribution in [2.45, 2.75) is 129 Å². The number of carbonyl (C=O) groups excluding carboxylic acids is 2.